The van der Waals surface area contributed by atoms with Gasteiger partial charge in [0.25, 0.3) is 0 Å². The molecule has 6 heteroatoms. The largest absolute Gasteiger partial charge is 0.399 e. The Balaban J connectivity index is 2.10. The lowest BCUT2D eigenvalue weighted by atomic mass is 10.2. The predicted molar refractivity (Wildman–Crippen MR) is 79.8 cm³/mol. The van der Waals surface area contributed by atoms with Crippen molar-refractivity contribution in [3.63, 3.8) is 0 Å². The Bertz CT molecular complexity index is 760. The van der Waals surface area contributed by atoms with Crippen molar-refractivity contribution in [2.24, 2.45) is 0 Å². The number of fused-ring (bicyclic) bond motifs is 1. The van der Waals surface area contributed by atoms with Crippen LogP contribution < -0.4 is 5.73 Å². The van der Waals surface area contributed by atoms with Gasteiger partial charge in [-0.1, -0.05) is 6.08 Å². The van der Waals surface area contributed by atoms with Crippen molar-refractivity contribution >= 4 is 26.6 Å². The number of H-pyrrole nitrogens is 1. The molecule has 0 bridgehead atoms. The number of sulfonamides is 1. The van der Waals surface area contributed by atoms with Gasteiger partial charge in [-0.2, -0.15) is 4.31 Å². The highest BCUT2D eigenvalue weighted by atomic mass is 32.2. The Morgan fingerprint density at radius 3 is 2.85 bits per heavy atom. The molecule has 1 aliphatic rings. The minimum absolute atomic E-state index is 0.108. The van der Waals surface area contributed by atoms with Gasteiger partial charge in [-0.3, -0.25) is 0 Å². The van der Waals surface area contributed by atoms with Crippen LogP contribution in [-0.2, 0) is 10.0 Å². The summed E-state index contributed by atoms with van der Waals surface area (Å²) >= 11 is 0. The van der Waals surface area contributed by atoms with E-state index in [4.69, 9.17) is 5.73 Å². The third-order valence-corrected chi connectivity index (χ3v) is 5.48. The van der Waals surface area contributed by atoms with Gasteiger partial charge in [0.05, 0.1) is 0 Å². The molecule has 0 amide bonds. The van der Waals surface area contributed by atoms with Crippen LogP contribution in [0.15, 0.2) is 41.9 Å². The van der Waals surface area contributed by atoms with Gasteiger partial charge >= 0.3 is 0 Å². The van der Waals surface area contributed by atoms with E-state index in [2.05, 4.69) is 11.6 Å². The lowest BCUT2D eigenvalue weighted by molar-refractivity contribution is 0.436. The van der Waals surface area contributed by atoms with Gasteiger partial charge in [-0.05, 0) is 31.0 Å². The Morgan fingerprint density at radius 1 is 1.45 bits per heavy atom. The smallest absolute Gasteiger partial charge is 0.245 e. The summed E-state index contributed by atoms with van der Waals surface area (Å²) in [7, 11) is -3.51. The monoisotopic (exact) mass is 291 g/mol. The average Bonchev–Trinajstić information content (AvgIpc) is 3.14. The maximum atomic E-state index is 12.8. The van der Waals surface area contributed by atoms with E-state index in [0.717, 1.165) is 18.4 Å². The molecule has 1 fully saturated rings. The van der Waals surface area contributed by atoms with Crippen molar-refractivity contribution in [2.75, 3.05) is 12.3 Å². The van der Waals surface area contributed by atoms with E-state index in [9.17, 15) is 8.42 Å². The van der Waals surface area contributed by atoms with Crippen molar-refractivity contribution in [1.29, 1.82) is 0 Å². The van der Waals surface area contributed by atoms with Gasteiger partial charge in [0, 0.05) is 35.4 Å². The van der Waals surface area contributed by atoms with Gasteiger partial charge in [0.2, 0.25) is 10.0 Å². The van der Waals surface area contributed by atoms with Crippen LogP contribution in [0.2, 0.25) is 0 Å². The second-order valence-corrected chi connectivity index (χ2v) is 6.91. The number of aromatic amines is 1. The molecule has 0 unspecified atom stereocenters. The molecule has 20 heavy (non-hydrogen) atoms. The predicted octanol–water partition coefficient (Wildman–Crippen LogP) is 2.09. The van der Waals surface area contributed by atoms with Crippen LogP contribution in [0.5, 0.6) is 0 Å². The molecule has 2 aromatic rings. The second kappa shape index (κ2) is 4.64. The third kappa shape index (κ3) is 2.10. The van der Waals surface area contributed by atoms with Crippen molar-refractivity contribution in [1.82, 2.24) is 9.29 Å². The van der Waals surface area contributed by atoms with Crippen LogP contribution in [0.4, 0.5) is 5.69 Å². The van der Waals surface area contributed by atoms with E-state index in [-0.39, 0.29) is 6.04 Å². The molecule has 106 valence electrons. The molecule has 1 aromatic carbocycles. The Hall–Kier alpha value is -1.79. The molecular formula is C14H17N3O2S. The minimum atomic E-state index is -3.51. The number of anilines is 1. The first-order valence-electron chi connectivity index (χ1n) is 6.53. The van der Waals surface area contributed by atoms with Crippen LogP contribution in [0.1, 0.15) is 12.8 Å². The molecule has 1 heterocycles. The maximum absolute atomic E-state index is 12.8. The molecular weight excluding hydrogens is 274 g/mol. The average molecular weight is 291 g/mol. The van der Waals surface area contributed by atoms with E-state index in [1.807, 2.05) is 0 Å². The lowest BCUT2D eigenvalue weighted by Crippen LogP contribution is -2.33. The molecule has 1 aromatic heterocycles. The Labute approximate surface area is 118 Å². The number of rotatable bonds is 5. The van der Waals surface area contributed by atoms with Crippen LogP contribution in [0, 0.1) is 0 Å². The highest BCUT2D eigenvalue weighted by molar-refractivity contribution is 7.89. The zero-order valence-electron chi connectivity index (χ0n) is 11.0. The molecule has 0 radical (unpaired) electrons. The van der Waals surface area contributed by atoms with E-state index in [1.165, 1.54) is 10.5 Å². The second-order valence-electron chi connectivity index (χ2n) is 5.05. The molecule has 3 N–H and O–H groups in total. The van der Waals surface area contributed by atoms with Crippen molar-refractivity contribution < 1.29 is 8.42 Å². The van der Waals surface area contributed by atoms with Gasteiger partial charge in [-0.25, -0.2) is 8.42 Å². The van der Waals surface area contributed by atoms with E-state index in [1.54, 1.807) is 24.3 Å². The Kier molecular flexibility index (Phi) is 3.07. The van der Waals surface area contributed by atoms with Crippen molar-refractivity contribution in [3.8, 4) is 0 Å². The maximum Gasteiger partial charge on any atom is 0.245 e. The number of nitrogen functional groups attached to an aromatic ring is 1. The normalized spacial score (nSPS) is 15.8. The Morgan fingerprint density at radius 2 is 2.20 bits per heavy atom. The SMILES string of the molecule is C=CCN(C1CC1)S(=O)(=O)c1c[nH]c2cc(N)ccc12. The van der Waals surface area contributed by atoms with Gasteiger partial charge in [0.1, 0.15) is 4.90 Å². The number of aromatic nitrogens is 1. The summed E-state index contributed by atoms with van der Waals surface area (Å²) in [5.41, 5.74) is 7.05. The van der Waals surface area contributed by atoms with Crippen LogP contribution in [0.25, 0.3) is 10.9 Å². The molecule has 0 atom stereocenters. The minimum Gasteiger partial charge on any atom is -0.399 e. The van der Waals surface area contributed by atoms with E-state index >= 15 is 0 Å². The molecule has 1 saturated carbocycles. The fraction of sp³-hybridized carbons (Fsp3) is 0.286. The number of benzene rings is 1. The highest BCUT2D eigenvalue weighted by Crippen LogP contribution is 2.34. The summed E-state index contributed by atoms with van der Waals surface area (Å²) in [6.45, 7) is 3.99. The van der Waals surface area contributed by atoms with Gasteiger partial charge < -0.3 is 10.7 Å². The zero-order chi connectivity index (χ0) is 14.3. The number of nitrogens with one attached hydrogen (secondary N) is 1. The lowest BCUT2D eigenvalue weighted by Gasteiger charge is -2.19. The molecule has 0 saturated heterocycles. The van der Waals surface area contributed by atoms with Gasteiger partial charge in [-0.15, -0.1) is 6.58 Å². The summed E-state index contributed by atoms with van der Waals surface area (Å²) < 4.78 is 27.1. The van der Waals surface area contributed by atoms with E-state index < -0.39 is 10.0 Å². The highest BCUT2D eigenvalue weighted by Gasteiger charge is 2.38. The number of nitrogens with zero attached hydrogens (tertiary/aromatic N) is 1. The first-order chi connectivity index (χ1) is 9.54. The molecule has 0 aliphatic heterocycles. The van der Waals surface area contributed by atoms with Crippen molar-refractivity contribution in [3.05, 3.63) is 37.1 Å². The fourth-order valence-electron chi connectivity index (χ4n) is 2.39. The molecule has 0 spiro atoms. The molecule has 1 aliphatic carbocycles. The topological polar surface area (TPSA) is 79.2 Å². The van der Waals surface area contributed by atoms with Gasteiger partial charge in [0.15, 0.2) is 0 Å². The van der Waals surface area contributed by atoms with Crippen LogP contribution >= 0.6 is 0 Å². The summed E-state index contributed by atoms with van der Waals surface area (Å²) in [6, 6.07) is 5.30. The third-order valence-electron chi connectivity index (χ3n) is 3.52. The fourth-order valence-corrected chi connectivity index (χ4v) is 4.21. The number of hydrogen-bond donors (Lipinski definition) is 2. The summed E-state index contributed by atoms with van der Waals surface area (Å²) in [6.07, 6.45) is 5.01. The molecule has 3 rings (SSSR count). The first kappa shape index (κ1) is 13.2. The van der Waals surface area contributed by atoms with E-state index in [0.29, 0.717) is 22.5 Å². The standard InChI is InChI=1S/C14H17N3O2S/c1-2-7-17(11-4-5-11)20(18,19)14-9-16-13-8-10(15)3-6-12(13)14/h2-3,6,8-9,11,16H,1,4-5,7,15H2. The number of nitrogens with two attached hydrogens (primary N) is 1. The number of hydrogen-bond acceptors (Lipinski definition) is 3. The first-order valence-corrected chi connectivity index (χ1v) is 7.97. The molecule has 5 nitrogen and oxygen atoms in total. The zero-order valence-corrected chi connectivity index (χ0v) is 11.9. The summed E-state index contributed by atoms with van der Waals surface area (Å²) in [4.78, 5) is 3.29. The van der Waals surface area contributed by atoms with Crippen molar-refractivity contribution in [2.45, 2.75) is 23.8 Å². The quantitative estimate of drug-likeness (QED) is 0.654. The van der Waals surface area contributed by atoms with Crippen LogP contribution in [-0.4, -0.2) is 30.3 Å². The van der Waals surface area contributed by atoms with Crippen LogP contribution in [0.3, 0.4) is 0 Å². The summed E-state index contributed by atoms with van der Waals surface area (Å²) in [5.74, 6) is 0. The summed E-state index contributed by atoms with van der Waals surface area (Å²) in [5, 5.41) is 0.675.